The van der Waals surface area contributed by atoms with E-state index in [-0.39, 0.29) is 6.02 Å². The number of benzene rings is 3. The minimum atomic E-state index is -0.690. The third-order valence-corrected chi connectivity index (χ3v) is 5.03. The zero-order chi connectivity index (χ0) is 18.9. The van der Waals surface area contributed by atoms with Crippen molar-refractivity contribution in [3.05, 3.63) is 88.9 Å². The Morgan fingerprint density at radius 2 is 1.67 bits per heavy atom. The van der Waals surface area contributed by atoms with Gasteiger partial charge >= 0.3 is 0 Å². The molecule has 136 valence electrons. The second kappa shape index (κ2) is 6.97. The maximum Gasteiger partial charge on any atom is 0.283 e. The van der Waals surface area contributed by atoms with Crippen LogP contribution in [0, 0.1) is 0 Å². The number of nitrogens with two attached hydrogens (primary N) is 1. The molecule has 0 saturated heterocycles. The molecule has 2 N–H and O–H groups in total. The average molecular weight is 379 g/mol. The highest BCUT2D eigenvalue weighted by molar-refractivity contribution is 6.30. The Hall–Kier alpha value is -2.98. The number of rotatable bonds is 4. The first-order valence-electron chi connectivity index (χ1n) is 8.60. The van der Waals surface area contributed by atoms with Crippen molar-refractivity contribution in [1.29, 1.82) is 0 Å². The number of halogens is 1. The van der Waals surface area contributed by atoms with E-state index in [4.69, 9.17) is 26.8 Å². The number of methoxy groups -OCH3 is 1. The number of aliphatic imine (C=N–C) groups is 1. The molecule has 0 unspecified atom stereocenters. The van der Waals surface area contributed by atoms with Crippen LogP contribution in [-0.4, -0.2) is 19.7 Å². The average Bonchev–Trinajstić information content (AvgIpc) is 3.11. The normalized spacial score (nSPS) is 18.7. The van der Waals surface area contributed by atoms with Crippen molar-refractivity contribution >= 4 is 17.6 Å². The number of ether oxygens (including phenoxy) is 2. The molecule has 0 spiro atoms. The van der Waals surface area contributed by atoms with E-state index >= 15 is 0 Å². The zero-order valence-electron chi connectivity index (χ0n) is 14.9. The molecular formula is C22H19ClN2O2. The molecule has 1 aliphatic rings. The van der Waals surface area contributed by atoms with Gasteiger partial charge in [-0.3, -0.25) is 0 Å². The molecule has 3 aromatic carbocycles. The summed E-state index contributed by atoms with van der Waals surface area (Å²) >= 11 is 6.16. The Kier molecular flexibility index (Phi) is 4.50. The van der Waals surface area contributed by atoms with Gasteiger partial charge in [0.15, 0.2) is 5.54 Å². The number of hydrogen-bond acceptors (Lipinski definition) is 4. The molecule has 1 atom stereocenters. The van der Waals surface area contributed by atoms with Crippen LogP contribution in [-0.2, 0) is 10.3 Å². The zero-order valence-corrected chi connectivity index (χ0v) is 15.6. The molecule has 0 amide bonds. The third kappa shape index (κ3) is 3.24. The van der Waals surface area contributed by atoms with Gasteiger partial charge in [0, 0.05) is 5.02 Å². The van der Waals surface area contributed by atoms with Crippen molar-refractivity contribution in [2.24, 2.45) is 10.7 Å². The minimum absolute atomic E-state index is 0.193. The highest BCUT2D eigenvalue weighted by Crippen LogP contribution is 2.39. The van der Waals surface area contributed by atoms with Gasteiger partial charge in [0.2, 0.25) is 0 Å². The molecule has 0 fully saturated rings. The smallest absolute Gasteiger partial charge is 0.283 e. The lowest BCUT2D eigenvalue weighted by Gasteiger charge is -2.26. The first kappa shape index (κ1) is 17.4. The van der Waals surface area contributed by atoms with Crippen molar-refractivity contribution in [2.75, 3.05) is 13.7 Å². The maximum absolute atomic E-state index is 6.16. The molecule has 3 aromatic rings. The molecule has 5 heteroatoms. The van der Waals surface area contributed by atoms with Crippen LogP contribution in [0.3, 0.4) is 0 Å². The Morgan fingerprint density at radius 3 is 2.30 bits per heavy atom. The van der Waals surface area contributed by atoms with E-state index in [1.165, 1.54) is 0 Å². The largest absolute Gasteiger partial charge is 0.497 e. The van der Waals surface area contributed by atoms with Crippen LogP contribution < -0.4 is 10.5 Å². The number of nitrogens with zero attached hydrogens (tertiary/aromatic N) is 1. The summed E-state index contributed by atoms with van der Waals surface area (Å²) < 4.78 is 10.8. The Balaban J connectivity index is 1.83. The van der Waals surface area contributed by atoms with Crippen molar-refractivity contribution in [3.63, 3.8) is 0 Å². The Labute approximate surface area is 163 Å². The van der Waals surface area contributed by atoms with E-state index in [2.05, 4.69) is 17.1 Å². The summed E-state index contributed by atoms with van der Waals surface area (Å²) in [6.07, 6.45) is 0. The summed E-state index contributed by atoms with van der Waals surface area (Å²) in [6, 6.07) is 24.0. The summed E-state index contributed by atoms with van der Waals surface area (Å²) in [5.74, 6) is 0.789. The lowest BCUT2D eigenvalue weighted by atomic mass is 9.83. The van der Waals surface area contributed by atoms with Gasteiger partial charge in [-0.2, -0.15) is 0 Å². The van der Waals surface area contributed by atoms with E-state index in [1.807, 2.05) is 60.7 Å². The van der Waals surface area contributed by atoms with E-state index in [0.717, 1.165) is 28.0 Å². The van der Waals surface area contributed by atoms with Crippen LogP contribution in [0.1, 0.15) is 11.1 Å². The fraction of sp³-hybridized carbons (Fsp3) is 0.136. The standard InChI is InChI=1S/C22H19ClN2O2/c1-26-20-10-8-17(9-11-20)22(14-27-21(24)25-22)18-6-2-4-15(12-18)16-5-3-7-19(23)13-16/h2-13H,14H2,1H3,(H2,24,25)/t22-/m1/s1. The quantitative estimate of drug-likeness (QED) is 0.721. The Morgan fingerprint density at radius 1 is 0.963 bits per heavy atom. The van der Waals surface area contributed by atoms with E-state index in [0.29, 0.717) is 11.6 Å². The monoisotopic (exact) mass is 378 g/mol. The summed E-state index contributed by atoms with van der Waals surface area (Å²) in [5, 5.41) is 0.703. The van der Waals surface area contributed by atoms with Crippen molar-refractivity contribution < 1.29 is 9.47 Å². The number of hydrogen-bond donors (Lipinski definition) is 1. The third-order valence-electron chi connectivity index (χ3n) is 4.80. The van der Waals surface area contributed by atoms with Gasteiger partial charge in [-0.05, 0) is 52.6 Å². The van der Waals surface area contributed by atoms with Crippen LogP contribution in [0.25, 0.3) is 11.1 Å². The van der Waals surface area contributed by atoms with Gasteiger partial charge in [-0.25, -0.2) is 4.99 Å². The van der Waals surface area contributed by atoms with Crippen molar-refractivity contribution in [1.82, 2.24) is 0 Å². The second-order valence-corrected chi connectivity index (χ2v) is 6.86. The first-order valence-corrected chi connectivity index (χ1v) is 8.98. The summed E-state index contributed by atoms with van der Waals surface area (Å²) in [7, 11) is 1.65. The highest BCUT2D eigenvalue weighted by Gasteiger charge is 2.40. The maximum atomic E-state index is 6.16. The highest BCUT2D eigenvalue weighted by atomic mass is 35.5. The van der Waals surface area contributed by atoms with E-state index < -0.39 is 5.54 Å². The molecule has 0 saturated carbocycles. The predicted molar refractivity (Wildman–Crippen MR) is 108 cm³/mol. The van der Waals surface area contributed by atoms with Crippen LogP contribution in [0.5, 0.6) is 5.75 Å². The fourth-order valence-electron chi connectivity index (χ4n) is 3.38. The van der Waals surface area contributed by atoms with Gasteiger partial charge < -0.3 is 15.2 Å². The summed E-state index contributed by atoms with van der Waals surface area (Å²) in [6.45, 7) is 0.351. The van der Waals surface area contributed by atoms with Crippen LogP contribution in [0.2, 0.25) is 5.02 Å². The number of amidine groups is 1. The van der Waals surface area contributed by atoms with Crippen molar-refractivity contribution in [2.45, 2.75) is 5.54 Å². The van der Waals surface area contributed by atoms with Crippen LogP contribution >= 0.6 is 11.6 Å². The first-order chi connectivity index (χ1) is 13.1. The molecule has 4 nitrogen and oxygen atoms in total. The molecule has 1 heterocycles. The molecule has 0 aliphatic carbocycles. The molecule has 1 aliphatic heterocycles. The summed E-state index contributed by atoms with van der Waals surface area (Å²) in [5.41, 5.74) is 9.31. The second-order valence-electron chi connectivity index (χ2n) is 6.42. The molecule has 0 bridgehead atoms. The predicted octanol–water partition coefficient (Wildman–Crippen LogP) is 4.60. The SMILES string of the molecule is COc1ccc([C@@]2(c3cccc(-c4cccc(Cl)c4)c3)COC(N)=N2)cc1. The molecule has 0 radical (unpaired) electrons. The van der Waals surface area contributed by atoms with Gasteiger partial charge in [-0.15, -0.1) is 0 Å². The minimum Gasteiger partial charge on any atom is -0.497 e. The van der Waals surface area contributed by atoms with Crippen molar-refractivity contribution in [3.8, 4) is 16.9 Å². The Bertz CT molecular complexity index is 1000. The molecular weight excluding hydrogens is 360 g/mol. The molecule has 0 aromatic heterocycles. The van der Waals surface area contributed by atoms with E-state index in [1.54, 1.807) is 7.11 Å². The van der Waals surface area contributed by atoms with Gasteiger partial charge in [0.05, 0.1) is 7.11 Å². The van der Waals surface area contributed by atoms with E-state index in [9.17, 15) is 0 Å². The van der Waals surface area contributed by atoms with Gasteiger partial charge in [0.1, 0.15) is 12.4 Å². The fourth-order valence-corrected chi connectivity index (χ4v) is 3.57. The summed E-state index contributed by atoms with van der Waals surface area (Å²) in [4.78, 5) is 4.67. The molecule has 4 rings (SSSR count). The van der Waals surface area contributed by atoms with Crippen LogP contribution in [0.15, 0.2) is 77.8 Å². The topological polar surface area (TPSA) is 56.8 Å². The lowest BCUT2D eigenvalue weighted by molar-refractivity contribution is 0.278. The van der Waals surface area contributed by atoms with Gasteiger partial charge in [-0.1, -0.05) is 54.1 Å². The van der Waals surface area contributed by atoms with Crippen LogP contribution in [0.4, 0.5) is 0 Å². The molecule has 27 heavy (non-hydrogen) atoms. The lowest BCUT2D eigenvalue weighted by Crippen LogP contribution is -2.27. The van der Waals surface area contributed by atoms with Gasteiger partial charge in [0.25, 0.3) is 6.02 Å².